The zero-order chi connectivity index (χ0) is 14.0. The van der Waals surface area contributed by atoms with Gasteiger partial charge in [-0.2, -0.15) is 4.98 Å². The molecule has 0 aliphatic heterocycles. The molecule has 1 saturated carbocycles. The molecule has 1 heterocycles. The van der Waals surface area contributed by atoms with Crippen LogP contribution in [0.15, 0.2) is 6.20 Å². The first-order chi connectivity index (χ1) is 8.93. The summed E-state index contributed by atoms with van der Waals surface area (Å²) in [6.07, 6.45) is 5.75. The fraction of sp³-hybridized carbons (Fsp3) is 0.714. The Labute approximate surface area is 114 Å². The van der Waals surface area contributed by atoms with E-state index in [0.29, 0.717) is 23.2 Å². The number of anilines is 2. The molecule has 1 aliphatic carbocycles. The number of hydrogen-bond acceptors (Lipinski definition) is 4. The van der Waals surface area contributed by atoms with Crippen molar-refractivity contribution >= 4 is 11.8 Å². The average molecular weight is 266 g/mol. The summed E-state index contributed by atoms with van der Waals surface area (Å²) in [5.74, 6) is 0.495. The molecule has 0 bridgehead atoms. The highest BCUT2D eigenvalue weighted by molar-refractivity contribution is 5.44. The summed E-state index contributed by atoms with van der Waals surface area (Å²) in [4.78, 5) is 10.1. The second-order valence-electron chi connectivity index (χ2n) is 6.12. The average Bonchev–Trinajstić information content (AvgIpc) is 2.38. The van der Waals surface area contributed by atoms with Gasteiger partial charge in [-0.05, 0) is 31.1 Å². The van der Waals surface area contributed by atoms with Crippen molar-refractivity contribution in [1.82, 2.24) is 9.97 Å². The Morgan fingerprint density at radius 2 is 2.00 bits per heavy atom. The van der Waals surface area contributed by atoms with Crippen LogP contribution in [0, 0.1) is 11.2 Å². The van der Waals surface area contributed by atoms with E-state index in [-0.39, 0.29) is 5.82 Å². The molecule has 1 aliphatic rings. The van der Waals surface area contributed by atoms with Gasteiger partial charge in [-0.3, -0.25) is 0 Å². The molecule has 0 amide bonds. The van der Waals surface area contributed by atoms with Crippen LogP contribution >= 0.6 is 0 Å². The van der Waals surface area contributed by atoms with Gasteiger partial charge in [0.2, 0.25) is 5.95 Å². The summed E-state index contributed by atoms with van der Waals surface area (Å²) in [5.41, 5.74) is 0.414. The largest absolute Gasteiger partial charge is 0.357 e. The molecule has 5 heteroatoms. The SMILES string of the molecule is CNc1ncc(F)c(N(C)C2CCC(C)(C)CC2)n1. The minimum absolute atomic E-state index is 0.355. The Hall–Kier alpha value is -1.39. The van der Waals surface area contributed by atoms with E-state index in [1.54, 1.807) is 7.05 Å². The van der Waals surface area contributed by atoms with Gasteiger partial charge in [0.1, 0.15) is 0 Å². The quantitative estimate of drug-likeness (QED) is 0.913. The molecule has 4 nitrogen and oxygen atoms in total. The number of rotatable bonds is 3. The predicted molar refractivity (Wildman–Crippen MR) is 76.0 cm³/mol. The molecular formula is C14H23FN4. The van der Waals surface area contributed by atoms with Crippen LogP contribution < -0.4 is 10.2 Å². The van der Waals surface area contributed by atoms with Crippen LogP contribution in [0.3, 0.4) is 0 Å². The molecule has 1 fully saturated rings. The summed E-state index contributed by atoms with van der Waals surface area (Å²) in [6.45, 7) is 4.60. The van der Waals surface area contributed by atoms with Crippen molar-refractivity contribution in [2.75, 3.05) is 24.3 Å². The molecule has 0 spiro atoms. The van der Waals surface area contributed by atoms with Crippen molar-refractivity contribution in [3.8, 4) is 0 Å². The van der Waals surface area contributed by atoms with Gasteiger partial charge in [-0.15, -0.1) is 0 Å². The van der Waals surface area contributed by atoms with Gasteiger partial charge in [0.15, 0.2) is 11.6 Å². The Morgan fingerprint density at radius 3 is 2.58 bits per heavy atom. The summed E-state index contributed by atoms with van der Waals surface area (Å²) < 4.78 is 13.9. The van der Waals surface area contributed by atoms with E-state index in [1.165, 1.54) is 19.0 Å². The summed E-state index contributed by atoms with van der Waals surface area (Å²) in [5, 5.41) is 2.85. The topological polar surface area (TPSA) is 41.1 Å². The molecule has 19 heavy (non-hydrogen) atoms. The van der Waals surface area contributed by atoms with Crippen LogP contribution in [0.1, 0.15) is 39.5 Å². The van der Waals surface area contributed by atoms with Crippen molar-refractivity contribution in [1.29, 1.82) is 0 Å². The fourth-order valence-corrected chi connectivity index (χ4v) is 2.67. The zero-order valence-electron chi connectivity index (χ0n) is 12.2. The van der Waals surface area contributed by atoms with Crippen molar-refractivity contribution < 1.29 is 4.39 Å². The maximum Gasteiger partial charge on any atom is 0.224 e. The molecule has 1 aromatic rings. The first-order valence-corrected chi connectivity index (χ1v) is 6.86. The van der Waals surface area contributed by atoms with Gasteiger partial charge in [0.25, 0.3) is 0 Å². The van der Waals surface area contributed by atoms with E-state index in [4.69, 9.17) is 0 Å². The lowest BCUT2D eigenvalue weighted by Crippen LogP contribution is -2.38. The fourth-order valence-electron chi connectivity index (χ4n) is 2.67. The maximum absolute atomic E-state index is 13.9. The van der Waals surface area contributed by atoms with Gasteiger partial charge >= 0.3 is 0 Å². The lowest BCUT2D eigenvalue weighted by atomic mass is 9.75. The Balaban J connectivity index is 2.13. The van der Waals surface area contributed by atoms with Gasteiger partial charge in [0.05, 0.1) is 6.20 Å². The van der Waals surface area contributed by atoms with Crippen LogP contribution in [-0.4, -0.2) is 30.1 Å². The molecule has 0 atom stereocenters. The number of halogens is 1. The van der Waals surface area contributed by atoms with Gasteiger partial charge < -0.3 is 10.2 Å². The lowest BCUT2D eigenvalue weighted by molar-refractivity contribution is 0.222. The Kier molecular flexibility index (Phi) is 3.92. The number of nitrogens with one attached hydrogen (secondary N) is 1. The Bertz CT molecular complexity index is 437. The molecule has 0 radical (unpaired) electrons. The summed E-state index contributed by atoms with van der Waals surface area (Å²) in [7, 11) is 3.66. The van der Waals surface area contributed by atoms with Crippen molar-refractivity contribution in [2.24, 2.45) is 5.41 Å². The maximum atomic E-state index is 13.9. The number of aromatic nitrogens is 2. The molecule has 0 aromatic carbocycles. The van der Waals surface area contributed by atoms with Crippen LogP contribution in [0.2, 0.25) is 0 Å². The first kappa shape index (κ1) is 14.0. The molecule has 106 valence electrons. The summed E-state index contributed by atoms with van der Waals surface area (Å²) >= 11 is 0. The summed E-state index contributed by atoms with van der Waals surface area (Å²) in [6, 6.07) is 0.363. The third kappa shape index (κ3) is 3.14. The van der Waals surface area contributed by atoms with Crippen LogP contribution in [-0.2, 0) is 0 Å². The third-order valence-electron chi connectivity index (χ3n) is 4.14. The standard InChI is InChI=1S/C14H23FN4/c1-14(2)7-5-10(6-8-14)19(4)12-11(15)9-17-13(16-3)18-12/h9-10H,5-8H2,1-4H3,(H,16,17,18). The molecule has 0 unspecified atom stereocenters. The highest BCUT2D eigenvalue weighted by Crippen LogP contribution is 2.37. The number of hydrogen-bond donors (Lipinski definition) is 1. The molecule has 2 rings (SSSR count). The van der Waals surface area contributed by atoms with E-state index in [1.807, 2.05) is 11.9 Å². The van der Waals surface area contributed by atoms with Gasteiger partial charge in [-0.1, -0.05) is 13.8 Å². The second-order valence-corrected chi connectivity index (χ2v) is 6.12. The highest BCUT2D eigenvalue weighted by Gasteiger charge is 2.30. The Morgan fingerprint density at radius 1 is 1.37 bits per heavy atom. The van der Waals surface area contributed by atoms with E-state index < -0.39 is 0 Å². The monoisotopic (exact) mass is 266 g/mol. The number of nitrogens with zero attached hydrogens (tertiary/aromatic N) is 3. The predicted octanol–water partition coefficient (Wildman–Crippen LogP) is 3.06. The molecular weight excluding hydrogens is 243 g/mol. The van der Waals surface area contributed by atoms with Crippen LogP contribution in [0.4, 0.5) is 16.2 Å². The molecule has 0 saturated heterocycles. The van der Waals surface area contributed by atoms with E-state index in [2.05, 4.69) is 29.1 Å². The normalized spacial score (nSPS) is 19.2. The first-order valence-electron chi connectivity index (χ1n) is 6.86. The van der Waals surface area contributed by atoms with Crippen molar-refractivity contribution in [3.05, 3.63) is 12.0 Å². The van der Waals surface area contributed by atoms with Crippen molar-refractivity contribution in [2.45, 2.75) is 45.6 Å². The second kappa shape index (κ2) is 5.31. The molecule has 1 aromatic heterocycles. The van der Waals surface area contributed by atoms with Crippen LogP contribution in [0.25, 0.3) is 0 Å². The van der Waals surface area contributed by atoms with Crippen LogP contribution in [0.5, 0.6) is 0 Å². The van der Waals surface area contributed by atoms with E-state index >= 15 is 0 Å². The van der Waals surface area contributed by atoms with Gasteiger partial charge in [-0.25, -0.2) is 9.37 Å². The highest BCUT2D eigenvalue weighted by atomic mass is 19.1. The minimum atomic E-state index is -0.355. The lowest BCUT2D eigenvalue weighted by Gasteiger charge is -2.39. The zero-order valence-corrected chi connectivity index (χ0v) is 12.2. The van der Waals surface area contributed by atoms with Gasteiger partial charge in [0, 0.05) is 20.1 Å². The van der Waals surface area contributed by atoms with E-state index in [9.17, 15) is 4.39 Å². The third-order valence-corrected chi connectivity index (χ3v) is 4.14. The van der Waals surface area contributed by atoms with Crippen molar-refractivity contribution in [3.63, 3.8) is 0 Å². The molecule has 1 N–H and O–H groups in total. The smallest absolute Gasteiger partial charge is 0.224 e. The minimum Gasteiger partial charge on any atom is -0.357 e. The van der Waals surface area contributed by atoms with E-state index in [0.717, 1.165) is 12.8 Å².